The lowest BCUT2D eigenvalue weighted by Crippen LogP contribution is -2.54. The molecule has 2 unspecified atom stereocenters. The van der Waals surface area contributed by atoms with Gasteiger partial charge in [-0.1, -0.05) is 39.0 Å². The summed E-state index contributed by atoms with van der Waals surface area (Å²) in [5.41, 5.74) is 7.23. The maximum absolute atomic E-state index is 12.6. The number of hydrogen-bond donors (Lipinski definition) is 1. The number of methoxy groups -OCH3 is 1. The maximum Gasteiger partial charge on any atom is 0.223 e. The van der Waals surface area contributed by atoms with Crippen molar-refractivity contribution in [2.45, 2.75) is 45.6 Å². The number of carbonyl (C=O) groups excluding carboxylic acids is 1. The molecule has 1 aromatic carbocycles. The van der Waals surface area contributed by atoms with E-state index in [1.807, 2.05) is 29.2 Å². The molecule has 2 atom stereocenters. The van der Waals surface area contributed by atoms with E-state index in [4.69, 9.17) is 10.5 Å². The van der Waals surface area contributed by atoms with Crippen molar-refractivity contribution in [3.05, 3.63) is 29.8 Å². The molecule has 0 radical (unpaired) electrons. The van der Waals surface area contributed by atoms with Crippen LogP contribution in [0.25, 0.3) is 0 Å². The van der Waals surface area contributed by atoms with Gasteiger partial charge in [0, 0.05) is 25.6 Å². The van der Waals surface area contributed by atoms with Gasteiger partial charge in [0.1, 0.15) is 5.75 Å². The van der Waals surface area contributed by atoms with Gasteiger partial charge in [0.2, 0.25) is 5.91 Å². The third-order valence-corrected chi connectivity index (χ3v) is 4.82. The number of carbonyl (C=O) groups is 1. The Hall–Kier alpha value is -1.55. The molecule has 122 valence electrons. The molecule has 0 aromatic heterocycles. The Kier molecular flexibility index (Phi) is 5.12. The first-order valence-corrected chi connectivity index (χ1v) is 8.01. The predicted molar refractivity (Wildman–Crippen MR) is 89.0 cm³/mol. The normalized spacial score (nSPS) is 22.2. The van der Waals surface area contributed by atoms with Crippen molar-refractivity contribution in [2.24, 2.45) is 11.1 Å². The highest BCUT2D eigenvalue weighted by Gasteiger charge is 2.35. The number of ether oxygens (including phenoxy) is 1. The van der Waals surface area contributed by atoms with Crippen molar-refractivity contribution in [2.75, 3.05) is 20.2 Å². The number of hydrogen-bond acceptors (Lipinski definition) is 3. The van der Waals surface area contributed by atoms with Crippen LogP contribution in [0.2, 0.25) is 0 Å². The van der Waals surface area contributed by atoms with Crippen LogP contribution in [0, 0.1) is 5.41 Å². The number of piperidine rings is 1. The molecule has 4 heteroatoms. The third kappa shape index (κ3) is 3.61. The first-order valence-electron chi connectivity index (χ1n) is 8.01. The Bertz CT molecular complexity index is 528. The number of likely N-dealkylation sites (tertiary alicyclic amines) is 1. The number of nitrogens with zero attached hydrogens (tertiary/aromatic N) is 1. The number of nitrogens with two attached hydrogens (primary N) is 1. The average Bonchev–Trinajstić information content (AvgIpc) is 2.49. The van der Waals surface area contributed by atoms with E-state index in [0.717, 1.165) is 30.8 Å². The summed E-state index contributed by atoms with van der Waals surface area (Å²) >= 11 is 0. The fraction of sp³-hybridized carbons (Fsp3) is 0.611. The van der Waals surface area contributed by atoms with Crippen LogP contribution in [0.3, 0.4) is 0 Å². The predicted octanol–water partition coefficient (Wildman–Crippen LogP) is 2.77. The molecule has 1 aromatic rings. The van der Waals surface area contributed by atoms with Crippen molar-refractivity contribution in [3.63, 3.8) is 0 Å². The second-order valence-electron chi connectivity index (χ2n) is 7.05. The molecule has 1 aliphatic rings. The van der Waals surface area contributed by atoms with E-state index in [2.05, 4.69) is 20.8 Å². The highest BCUT2D eigenvalue weighted by Crippen LogP contribution is 2.31. The zero-order chi connectivity index (χ0) is 16.3. The van der Waals surface area contributed by atoms with Gasteiger partial charge in [-0.05, 0) is 29.4 Å². The molecule has 1 amide bonds. The van der Waals surface area contributed by atoms with Crippen molar-refractivity contribution < 1.29 is 9.53 Å². The zero-order valence-corrected chi connectivity index (χ0v) is 14.1. The molecule has 2 rings (SSSR count). The largest absolute Gasteiger partial charge is 0.496 e. The van der Waals surface area contributed by atoms with E-state index in [0.29, 0.717) is 6.42 Å². The molecular weight excluding hydrogens is 276 g/mol. The second-order valence-corrected chi connectivity index (χ2v) is 7.05. The topological polar surface area (TPSA) is 55.6 Å². The van der Waals surface area contributed by atoms with E-state index in [9.17, 15) is 4.79 Å². The summed E-state index contributed by atoms with van der Waals surface area (Å²) in [5, 5.41) is 0. The average molecular weight is 304 g/mol. The molecule has 1 saturated heterocycles. The summed E-state index contributed by atoms with van der Waals surface area (Å²) < 4.78 is 5.40. The fourth-order valence-corrected chi connectivity index (χ4v) is 3.16. The standard InChI is InChI=1S/C18H28N2O2/c1-13(14-7-5-6-8-15(14)22-4)11-17(21)20-10-9-16(19)18(2,3)12-20/h5-8,13,16H,9-12,19H2,1-4H3. The van der Waals surface area contributed by atoms with E-state index < -0.39 is 0 Å². The molecule has 0 aliphatic carbocycles. The minimum absolute atomic E-state index is 0.0123. The lowest BCUT2D eigenvalue weighted by Gasteiger charge is -2.42. The van der Waals surface area contributed by atoms with Crippen molar-refractivity contribution in [1.29, 1.82) is 0 Å². The fourth-order valence-electron chi connectivity index (χ4n) is 3.16. The molecule has 22 heavy (non-hydrogen) atoms. The summed E-state index contributed by atoms with van der Waals surface area (Å²) in [4.78, 5) is 14.6. The number of para-hydroxylation sites is 1. The quantitative estimate of drug-likeness (QED) is 0.930. The lowest BCUT2D eigenvalue weighted by atomic mass is 9.79. The van der Waals surface area contributed by atoms with Crippen LogP contribution in [0.4, 0.5) is 0 Å². The van der Waals surface area contributed by atoms with E-state index in [1.54, 1.807) is 7.11 Å². The monoisotopic (exact) mass is 304 g/mol. The minimum atomic E-state index is -0.0123. The van der Waals surface area contributed by atoms with Crippen LogP contribution < -0.4 is 10.5 Å². The molecule has 1 fully saturated rings. The highest BCUT2D eigenvalue weighted by molar-refractivity contribution is 5.77. The zero-order valence-electron chi connectivity index (χ0n) is 14.1. The summed E-state index contributed by atoms with van der Waals surface area (Å²) in [5.74, 6) is 1.20. The Morgan fingerprint density at radius 3 is 2.77 bits per heavy atom. The summed E-state index contributed by atoms with van der Waals surface area (Å²) in [6, 6.07) is 8.09. The first-order chi connectivity index (χ1) is 10.3. The molecule has 1 heterocycles. The minimum Gasteiger partial charge on any atom is -0.496 e. The van der Waals surface area contributed by atoms with Crippen molar-refractivity contribution >= 4 is 5.91 Å². The SMILES string of the molecule is COc1ccccc1C(C)CC(=O)N1CCC(N)C(C)(C)C1. The maximum atomic E-state index is 12.6. The van der Waals surface area contributed by atoms with Crippen LogP contribution in [0.1, 0.15) is 45.1 Å². The van der Waals surface area contributed by atoms with E-state index >= 15 is 0 Å². The first kappa shape index (κ1) is 16.8. The van der Waals surface area contributed by atoms with Crippen LogP contribution in [0.15, 0.2) is 24.3 Å². The van der Waals surface area contributed by atoms with Crippen molar-refractivity contribution in [3.8, 4) is 5.75 Å². The molecule has 2 N–H and O–H groups in total. The molecular formula is C18H28N2O2. The van der Waals surface area contributed by atoms with E-state index in [-0.39, 0.29) is 23.3 Å². The molecule has 1 aliphatic heterocycles. The van der Waals surface area contributed by atoms with Gasteiger partial charge >= 0.3 is 0 Å². The number of benzene rings is 1. The van der Waals surface area contributed by atoms with Crippen LogP contribution in [-0.4, -0.2) is 37.0 Å². The Balaban J connectivity index is 2.03. The van der Waals surface area contributed by atoms with Gasteiger partial charge in [-0.3, -0.25) is 4.79 Å². The Labute approximate surface area is 133 Å². The Morgan fingerprint density at radius 2 is 2.14 bits per heavy atom. The highest BCUT2D eigenvalue weighted by atomic mass is 16.5. The molecule has 0 spiro atoms. The van der Waals surface area contributed by atoms with Gasteiger partial charge in [0.05, 0.1) is 7.11 Å². The van der Waals surface area contributed by atoms with Gasteiger partial charge in [-0.15, -0.1) is 0 Å². The summed E-state index contributed by atoms with van der Waals surface area (Å²) in [7, 11) is 1.67. The smallest absolute Gasteiger partial charge is 0.223 e. The van der Waals surface area contributed by atoms with Crippen LogP contribution in [0.5, 0.6) is 5.75 Å². The summed E-state index contributed by atoms with van der Waals surface area (Å²) in [6.07, 6.45) is 1.38. The second kappa shape index (κ2) is 6.69. The molecule has 0 saturated carbocycles. The van der Waals surface area contributed by atoms with Gasteiger partial charge < -0.3 is 15.4 Å². The Morgan fingerprint density at radius 1 is 1.45 bits per heavy atom. The van der Waals surface area contributed by atoms with E-state index in [1.165, 1.54) is 0 Å². The van der Waals surface area contributed by atoms with Gasteiger partial charge in [0.15, 0.2) is 0 Å². The van der Waals surface area contributed by atoms with Crippen LogP contribution in [-0.2, 0) is 4.79 Å². The molecule has 4 nitrogen and oxygen atoms in total. The lowest BCUT2D eigenvalue weighted by molar-refractivity contribution is -0.135. The number of rotatable bonds is 4. The number of amides is 1. The third-order valence-electron chi connectivity index (χ3n) is 4.82. The summed E-state index contributed by atoms with van der Waals surface area (Å²) in [6.45, 7) is 7.87. The van der Waals surface area contributed by atoms with Crippen molar-refractivity contribution in [1.82, 2.24) is 4.90 Å². The van der Waals surface area contributed by atoms with Gasteiger partial charge in [0.25, 0.3) is 0 Å². The van der Waals surface area contributed by atoms with Gasteiger partial charge in [-0.2, -0.15) is 0 Å². The van der Waals surface area contributed by atoms with Crippen LogP contribution >= 0.6 is 0 Å². The molecule has 0 bridgehead atoms. The van der Waals surface area contributed by atoms with Gasteiger partial charge in [-0.25, -0.2) is 0 Å².